The van der Waals surface area contributed by atoms with Crippen molar-refractivity contribution in [3.8, 4) is 0 Å². The summed E-state index contributed by atoms with van der Waals surface area (Å²) in [5.41, 5.74) is 0.140. The Morgan fingerprint density at radius 3 is 2.29 bits per heavy atom. The van der Waals surface area contributed by atoms with Gasteiger partial charge >= 0.3 is 6.18 Å². The first kappa shape index (κ1) is 14.3. The van der Waals surface area contributed by atoms with Gasteiger partial charge in [-0.1, -0.05) is 33.3 Å². The molecule has 0 aliphatic heterocycles. The monoisotopic (exact) mass is 247 g/mol. The summed E-state index contributed by atoms with van der Waals surface area (Å²) in [6.07, 6.45) is -0.299. The molecule has 0 amide bonds. The highest BCUT2D eigenvalue weighted by Crippen LogP contribution is 2.43. The molecule has 1 fully saturated rings. The molecule has 1 aliphatic rings. The van der Waals surface area contributed by atoms with Crippen LogP contribution in [0.15, 0.2) is 11.6 Å². The Kier molecular flexibility index (Phi) is 4.39. The average molecular weight is 247 g/mol. The maximum absolute atomic E-state index is 13.0. The standard InChI is InChI=1S/C13H20F3N/c1-4-8(2)12(13(14,15)16)11(7-17)6-10-5-9(10)3/h6-10,12,17H,4-5H2,1-3H3. The highest BCUT2D eigenvalue weighted by Gasteiger charge is 2.45. The second kappa shape index (κ2) is 5.23. The largest absolute Gasteiger partial charge is 0.396 e. The van der Waals surface area contributed by atoms with E-state index in [0.29, 0.717) is 12.3 Å². The van der Waals surface area contributed by atoms with Gasteiger partial charge in [0.1, 0.15) is 0 Å². The molecule has 0 aromatic carbocycles. The zero-order chi connectivity index (χ0) is 13.2. The fourth-order valence-corrected chi connectivity index (χ4v) is 2.15. The van der Waals surface area contributed by atoms with Crippen LogP contribution < -0.4 is 0 Å². The van der Waals surface area contributed by atoms with Crippen LogP contribution >= 0.6 is 0 Å². The number of alkyl halides is 3. The van der Waals surface area contributed by atoms with Crippen LogP contribution in [0.1, 0.15) is 33.6 Å². The molecule has 0 heterocycles. The van der Waals surface area contributed by atoms with Crippen LogP contribution in [0.3, 0.4) is 0 Å². The Morgan fingerprint density at radius 2 is 2.00 bits per heavy atom. The van der Waals surface area contributed by atoms with Gasteiger partial charge in [-0.3, -0.25) is 0 Å². The number of rotatable bonds is 5. The maximum Gasteiger partial charge on any atom is 0.396 e. The van der Waals surface area contributed by atoms with E-state index >= 15 is 0 Å². The Bertz CT molecular complexity index is 306. The summed E-state index contributed by atoms with van der Waals surface area (Å²) in [4.78, 5) is 0. The minimum atomic E-state index is -4.25. The third-order valence-corrected chi connectivity index (χ3v) is 3.67. The van der Waals surface area contributed by atoms with Gasteiger partial charge in [-0.15, -0.1) is 0 Å². The van der Waals surface area contributed by atoms with Gasteiger partial charge < -0.3 is 5.41 Å². The minimum absolute atomic E-state index is 0.140. The third kappa shape index (κ3) is 3.58. The highest BCUT2D eigenvalue weighted by molar-refractivity contribution is 5.77. The Balaban J connectivity index is 2.94. The summed E-state index contributed by atoms with van der Waals surface area (Å²) >= 11 is 0. The highest BCUT2D eigenvalue weighted by atomic mass is 19.4. The van der Waals surface area contributed by atoms with Gasteiger partial charge in [0.05, 0.1) is 5.92 Å². The van der Waals surface area contributed by atoms with E-state index < -0.39 is 18.0 Å². The molecular weight excluding hydrogens is 227 g/mol. The van der Waals surface area contributed by atoms with E-state index in [1.54, 1.807) is 19.9 Å². The molecule has 0 saturated heterocycles. The molecule has 0 bridgehead atoms. The normalized spacial score (nSPS) is 28.7. The van der Waals surface area contributed by atoms with Crippen molar-refractivity contribution < 1.29 is 13.2 Å². The fourth-order valence-electron chi connectivity index (χ4n) is 2.15. The Hall–Kier alpha value is -0.800. The van der Waals surface area contributed by atoms with Crippen LogP contribution in [0, 0.1) is 29.1 Å². The van der Waals surface area contributed by atoms with E-state index in [-0.39, 0.29) is 11.5 Å². The lowest BCUT2D eigenvalue weighted by atomic mass is 9.84. The molecule has 4 atom stereocenters. The topological polar surface area (TPSA) is 23.9 Å². The molecule has 4 unspecified atom stereocenters. The smallest absolute Gasteiger partial charge is 0.308 e. The van der Waals surface area contributed by atoms with E-state index in [4.69, 9.17) is 5.41 Å². The first-order valence-corrected chi connectivity index (χ1v) is 6.10. The molecule has 0 spiro atoms. The maximum atomic E-state index is 13.0. The number of halogens is 3. The van der Waals surface area contributed by atoms with Crippen molar-refractivity contribution in [2.24, 2.45) is 23.7 Å². The van der Waals surface area contributed by atoms with Crippen LogP contribution in [0.4, 0.5) is 13.2 Å². The van der Waals surface area contributed by atoms with E-state index in [1.807, 2.05) is 6.92 Å². The lowest BCUT2D eigenvalue weighted by Gasteiger charge is -2.26. The average Bonchev–Trinajstić information content (AvgIpc) is 2.90. The zero-order valence-electron chi connectivity index (χ0n) is 10.5. The van der Waals surface area contributed by atoms with Crippen molar-refractivity contribution >= 4 is 6.21 Å². The predicted molar refractivity (Wildman–Crippen MR) is 63.1 cm³/mol. The van der Waals surface area contributed by atoms with Crippen LogP contribution in [0.2, 0.25) is 0 Å². The van der Waals surface area contributed by atoms with Gasteiger partial charge in [0.25, 0.3) is 0 Å². The first-order valence-electron chi connectivity index (χ1n) is 6.10. The van der Waals surface area contributed by atoms with Gasteiger partial charge in [-0.2, -0.15) is 13.2 Å². The molecule has 1 N–H and O–H groups in total. The van der Waals surface area contributed by atoms with Gasteiger partial charge in [0.2, 0.25) is 0 Å². The van der Waals surface area contributed by atoms with E-state index in [2.05, 4.69) is 0 Å². The SMILES string of the molecule is CCC(C)C(C(C=N)=CC1CC1C)C(F)(F)F. The number of allylic oxidation sites excluding steroid dienone is 2. The third-order valence-electron chi connectivity index (χ3n) is 3.67. The molecule has 0 aromatic heterocycles. The summed E-state index contributed by atoms with van der Waals surface area (Å²) in [6.45, 7) is 5.38. The minimum Gasteiger partial charge on any atom is -0.308 e. The van der Waals surface area contributed by atoms with Gasteiger partial charge in [0.15, 0.2) is 0 Å². The van der Waals surface area contributed by atoms with Crippen molar-refractivity contribution in [1.29, 1.82) is 5.41 Å². The molecule has 98 valence electrons. The lowest BCUT2D eigenvalue weighted by molar-refractivity contribution is -0.174. The quantitative estimate of drug-likeness (QED) is 0.694. The van der Waals surface area contributed by atoms with Gasteiger partial charge in [0, 0.05) is 6.21 Å². The molecule has 0 aromatic rings. The molecule has 1 nitrogen and oxygen atoms in total. The summed E-state index contributed by atoms with van der Waals surface area (Å²) in [7, 11) is 0. The second-order valence-electron chi connectivity index (χ2n) is 5.09. The van der Waals surface area contributed by atoms with E-state index in [1.165, 1.54) is 0 Å². The molecule has 17 heavy (non-hydrogen) atoms. The van der Waals surface area contributed by atoms with Gasteiger partial charge in [-0.25, -0.2) is 0 Å². The van der Waals surface area contributed by atoms with Crippen LogP contribution in [-0.2, 0) is 0 Å². The predicted octanol–water partition coefficient (Wildman–Crippen LogP) is 4.44. The molecule has 1 rings (SSSR count). The zero-order valence-corrected chi connectivity index (χ0v) is 10.5. The molecule has 1 aliphatic carbocycles. The van der Waals surface area contributed by atoms with Crippen molar-refractivity contribution in [2.75, 3.05) is 0 Å². The summed E-state index contributed by atoms with van der Waals surface area (Å²) in [5, 5.41) is 7.23. The molecule has 0 radical (unpaired) electrons. The van der Waals surface area contributed by atoms with Crippen molar-refractivity contribution in [3.05, 3.63) is 11.6 Å². The number of nitrogens with one attached hydrogen (secondary N) is 1. The first-order chi connectivity index (χ1) is 7.81. The fraction of sp³-hybridized carbons (Fsp3) is 0.769. The van der Waals surface area contributed by atoms with Crippen LogP contribution in [-0.4, -0.2) is 12.4 Å². The van der Waals surface area contributed by atoms with E-state index in [0.717, 1.165) is 12.6 Å². The molecular formula is C13H20F3N. The van der Waals surface area contributed by atoms with Crippen molar-refractivity contribution in [2.45, 2.75) is 39.8 Å². The van der Waals surface area contributed by atoms with E-state index in [9.17, 15) is 13.2 Å². The Morgan fingerprint density at radius 1 is 1.47 bits per heavy atom. The number of hydrogen-bond donors (Lipinski definition) is 1. The summed E-state index contributed by atoms with van der Waals surface area (Å²) in [6, 6.07) is 0. The van der Waals surface area contributed by atoms with Crippen LogP contribution in [0.5, 0.6) is 0 Å². The Labute approximate surface area is 101 Å². The summed E-state index contributed by atoms with van der Waals surface area (Å²) in [5.74, 6) is -1.26. The van der Waals surface area contributed by atoms with Crippen molar-refractivity contribution in [1.82, 2.24) is 0 Å². The molecule has 4 heteroatoms. The number of hydrogen-bond acceptors (Lipinski definition) is 1. The molecule has 1 saturated carbocycles. The van der Waals surface area contributed by atoms with Crippen molar-refractivity contribution in [3.63, 3.8) is 0 Å². The second-order valence-corrected chi connectivity index (χ2v) is 5.09. The summed E-state index contributed by atoms with van der Waals surface area (Å²) < 4.78 is 39.1. The van der Waals surface area contributed by atoms with Gasteiger partial charge in [-0.05, 0) is 29.7 Å². The lowest BCUT2D eigenvalue weighted by Crippen LogP contribution is -2.31. The van der Waals surface area contributed by atoms with Crippen LogP contribution in [0.25, 0.3) is 0 Å².